The molecule has 6 heteroatoms. The van der Waals surface area contributed by atoms with Crippen LogP contribution in [0.4, 0.5) is 4.39 Å². The van der Waals surface area contributed by atoms with Crippen molar-refractivity contribution in [3.63, 3.8) is 0 Å². The molecule has 3 aromatic rings. The third kappa shape index (κ3) is 2.42. The lowest BCUT2D eigenvalue weighted by atomic mass is 10.2. The molecule has 0 bridgehead atoms. The van der Waals surface area contributed by atoms with E-state index < -0.39 is 5.76 Å². The molecule has 0 aliphatic carbocycles. The molecule has 3 nitrogen and oxygen atoms in total. The topological polar surface area (TPSA) is 35.1 Å². The predicted molar refractivity (Wildman–Crippen MR) is 86.4 cm³/mol. The van der Waals surface area contributed by atoms with Crippen molar-refractivity contribution < 1.29 is 8.81 Å². The highest BCUT2D eigenvalue weighted by atomic mass is 127. The first kappa shape index (κ1) is 13.8. The van der Waals surface area contributed by atoms with E-state index in [0.717, 1.165) is 3.57 Å². The Labute approximate surface area is 135 Å². The van der Waals surface area contributed by atoms with Crippen LogP contribution in [0.1, 0.15) is 5.56 Å². The Morgan fingerprint density at radius 2 is 2.10 bits per heavy atom. The summed E-state index contributed by atoms with van der Waals surface area (Å²) < 4.78 is 21.6. The van der Waals surface area contributed by atoms with E-state index >= 15 is 0 Å². The number of nitrogens with zero attached hydrogens (tertiary/aromatic N) is 1. The Morgan fingerprint density at radius 1 is 1.30 bits per heavy atom. The summed E-state index contributed by atoms with van der Waals surface area (Å²) in [6.45, 7) is 0.255. The molecule has 0 saturated carbocycles. The molecule has 0 unspecified atom stereocenters. The molecule has 0 radical (unpaired) electrons. The molecule has 0 atom stereocenters. The summed E-state index contributed by atoms with van der Waals surface area (Å²) in [5, 5.41) is 0. The minimum Gasteiger partial charge on any atom is -0.408 e. The van der Waals surface area contributed by atoms with E-state index in [9.17, 15) is 9.18 Å². The maximum Gasteiger partial charge on any atom is 0.420 e. The van der Waals surface area contributed by atoms with Crippen LogP contribution in [0.2, 0.25) is 0 Å². The van der Waals surface area contributed by atoms with Crippen LogP contribution < -0.4 is 5.76 Å². The van der Waals surface area contributed by atoms with Gasteiger partial charge in [0, 0.05) is 3.57 Å². The smallest absolute Gasteiger partial charge is 0.408 e. The van der Waals surface area contributed by atoms with E-state index in [1.807, 2.05) is 12.1 Å². The summed E-state index contributed by atoms with van der Waals surface area (Å²) in [7, 11) is 0. The van der Waals surface area contributed by atoms with Crippen LogP contribution in [0.15, 0.2) is 50.1 Å². The molecule has 0 amide bonds. The van der Waals surface area contributed by atoms with Crippen molar-refractivity contribution in [2.75, 3.05) is 0 Å². The van der Waals surface area contributed by atoms with E-state index in [4.69, 9.17) is 4.42 Å². The van der Waals surface area contributed by atoms with Gasteiger partial charge in [-0.05, 0) is 68.3 Å². The van der Waals surface area contributed by atoms with Gasteiger partial charge in [0.1, 0.15) is 5.82 Å². The maximum atomic E-state index is 13.5. The number of benzene rings is 2. The van der Waals surface area contributed by atoms with Crippen LogP contribution in [-0.4, -0.2) is 4.57 Å². The Morgan fingerprint density at radius 3 is 2.90 bits per heavy atom. The lowest BCUT2D eigenvalue weighted by Gasteiger charge is -2.06. The van der Waals surface area contributed by atoms with Crippen LogP contribution in [-0.2, 0) is 6.54 Å². The molecule has 0 aliphatic rings. The third-order valence-corrected chi connectivity index (χ3v) is 4.55. The van der Waals surface area contributed by atoms with Gasteiger partial charge in [-0.2, -0.15) is 0 Å². The largest absolute Gasteiger partial charge is 0.420 e. The average Bonchev–Trinajstić information content (AvgIpc) is 2.70. The highest BCUT2D eigenvalue weighted by molar-refractivity contribution is 14.1. The molecule has 20 heavy (non-hydrogen) atoms. The minimum absolute atomic E-state index is 0.255. The molecule has 102 valence electrons. The standard InChI is InChI=1S/C14H8BrFINO2/c15-13-8(2-1-3-10(13)16)7-18-11-5-4-9(17)6-12(11)20-14(18)19/h1-6H,7H2. The van der Waals surface area contributed by atoms with Crippen molar-refractivity contribution in [3.05, 3.63) is 66.4 Å². The first-order valence-electron chi connectivity index (χ1n) is 5.78. The second kappa shape index (κ2) is 5.33. The highest BCUT2D eigenvalue weighted by Gasteiger charge is 2.12. The average molecular weight is 448 g/mol. The zero-order chi connectivity index (χ0) is 14.3. The fraction of sp³-hybridized carbons (Fsp3) is 0.0714. The summed E-state index contributed by atoms with van der Waals surface area (Å²) in [4.78, 5) is 11.9. The van der Waals surface area contributed by atoms with Gasteiger partial charge in [0.15, 0.2) is 5.58 Å². The fourth-order valence-corrected chi connectivity index (χ4v) is 2.88. The molecule has 1 heterocycles. The molecular weight excluding hydrogens is 440 g/mol. The Kier molecular flexibility index (Phi) is 3.68. The molecule has 0 N–H and O–H groups in total. The number of halogens is 3. The maximum absolute atomic E-state index is 13.5. The Balaban J connectivity index is 2.13. The van der Waals surface area contributed by atoms with E-state index in [2.05, 4.69) is 38.5 Å². The number of hydrogen-bond acceptors (Lipinski definition) is 2. The fourth-order valence-electron chi connectivity index (χ4n) is 2.03. The van der Waals surface area contributed by atoms with Gasteiger partial charge < -0.3 is 4.42 Å². The SMILES string of the molecule is O=c1oc2cc(I)ccc2n1Cc1cccc(F)c1Br. The normalized spacial score (nSPS) is 11.2. The second-order valence-corrected chi connectivity index (χ2v) is 6.32. The number of rotatable bonds is 2. The molecule has 0 fully saturated rings. The van der Waals surface area contributed by atoms with Crippen LogP contribution in [0.25, 0.3) is 11.1 Å². The van der Waals surface area contributed by atoms with Gasteiger partial charge in [0.25, 0.3) is 0 Å². The van der Waals surface area contributed by atoms with Crippen molar-refractivity contribution in [2.45, 2.75) is 6.54 Å². The summed E-state index contributed by atoms with van der Waals surface area (Å²) in [6, 6.07) is 10.3. The Bertz CT molecular complexity index is 856. The van der Waals surface area contributed by atoms with Gasteiger partial charge in [-0.1, -0.05) is 12.1 Å². The lowest BCUT2D eigenvalue weighted by molar-refractivity contribution is 0.516. The van der Waals surface area contributed by atoms with Gasteiger partial charge in [0.05, 0.1) is 16.5 Å². The quantitative estimate of drug-likeness (QED) is 0.553. The van der Waals surface area contributed by atoms with E-state index in [1.54, 1.807) is 18.2 Å². The molecule has 0 aliphatic heterocycles. The zero-order valence-electron chi connectivity index (χ0n) is 10.1. The first-order valence-corrected chi connectivity index (χ1v) is 7.65. The number of oxazole rings is 1. The van der Waals surface area contributed by atoms with Gasteiger partial charge >= 0.3 is 5.76 Å². The van der Waals surface area contributed by atoms with Crippen LogP contribution in [0.3, 0.4) is 0 Å². The third-order valence-electron chi connectivity index (χ3n) is 2.99. The van der Waals surface area contributed by atoms with Crippen LogP contribution in [0.5, 0.6) is 0 Å². The number of hydrogen-bond donors (Lipinski definition) is 0. The van der Waals surface area contributed by atoms with Crippen molar-refractivity contribution in [1.82, 2.24) is 4.57 Å². The van der Waals surface area contributed by atoms with Crippen molar-refractivity contribution in [2.24, 2.45) is 0 Å². The van der Waals surface area contributed by atoms with E-state index in [1.165, 1.54) is 10.6 Å². The second-order valence-electron chi connectivity index (χ2n) is 4.28. The van der Waals surface area contributed by atoms with Crippen molar-refractivity contribution >= 4 is 49.6 Å². The van der Waals surface area contributed by atoms with Gasteiger partial charge in [0.2, 0.25) is 0 Å². The summed E-state index contributed by atoms with van der Waals surface area (Å²) in [5.41, 5.74) is 1.93. The minimum atomic E-state index is -0.446. The monoisotopic (exact) mass is 447 g/mol. The number of fused-ring (bicyclic) bond motifs is 1. The zero-order valence-corrected chi connectivity index (χ0v) is 13.8. The summed E-state index contributed by atoms with van der Waals surface area (Å²) in [6.07, 6.45) is 0. The highest BCUT2D eigenvalue weighted by Crippen LogP contribution is 2.23. The molecule has 3 rings (SSSR count). The summed E-state index contributed by atoms with van der Waals surface area (Å²) in [5.74, 6) is -0.795. The molecule has 0 saturated heterocycles. The van der Waals surface area contributed by atoms with E-state index in [-0.39, 0.29) is 12.4 Å². The van der Waals surface area contributed by atoms with Gasteiger partial charge in [-0.3, -0.25) is 4.57 Å². The number of aromatic nitrogens is 1. The van der Waals surface area contributed by atoms with Gasteiger partial charge in [-0.15, -0.1) is 0 Å². The molecular formula is C14H8BrFINO2. The van der Waals surface area contributed by atoms with Crippen LogP contribution in [0, 0.1) is 9.39 Å². The van der Waals surface area contributed by atoms with Gasteiger partial charge in [-0.25, -0.2) is 9.18 Å². The molecule has 0 spiro atoms. The van der Waals surface area contributed by atoms with Crippen molar-refractivity contribution in [3.8, 4) is 0 Å². The predicted octanol–water partition coefficient (Wildman–Crippen LogP) is 4.15. The summed E-state index contributed by atoms with van der Waals surface area (Å²) >= 11 is 5.36. The first-order chi connectivity index (χ1) is 9.56. The van der Waals surface area contributed by atoms with Crippen LogP contribution >= 0.6 is 38.5 Å². The van der Waals surface area contributed by atoms with E-state index in [0.29, 0.717) is 21.1 Å². The Hall–Kier alpha value is -1.15. The van der Waals surface area contributed by atoms with Crippen molar-refractivity contribution in [1.29, 1.82) is 0 Å². The lowest BCUT2D eigenvalue weighted by Crippen LogP contribution is -2.15. The molecule has 1 aromatic heterocycles. The molecule has 2 aromatic carbocycles.